The number of nitrogens with one attached hydrogen (secondary N) is 3. The van der Waals surface area contributed by atoms with Crippen LogP contribution < -0.4 is 15.4 Å². The lowest BCUT2D eigenvalue weighted by Gasteiger charge is -2.25. The molecule has 0 aliphatic carbocycles. The SMILES string of the molecule is CCNS(=O)(=O)c1ccc(C(=O)Nc2ccc(NC(=O)CN3CCOCC3)cc2)cc1. The molecule has 0 aromatic heterocycles. The zero-order chi connectivity index (χ0) is 22.3. The van der Waals surface area contributed by atoms with Crippen molar-refractivity contribution in [1.82, 2.24) is 9.62 Å². The standard InChI is InChI=1S/C21H26N4O5S/c1-2-22-31(28,29)19-9-3-16(4-10-19)21(27)24-18-7-5-17(6-8-18)23-20(26)15-25-11-13-30-14-12-25/h3-10,22H,2,11-15H2,1H3,(H,23,26)(H,24,27). The number of carbonyl (C=O) groups is 2. The fourth-order valence-corrected chi connectivity index (χ4v) is 4.10. The van der Waals surface area contributed by atoms with Crippen LogP contribution in [0.1, 0.15) is 17.3 Å². The average molecular weight is 447 g/mol. The van der Waals surface area contributed by atoms with E-state index in [9.17, 15) is 18.0 Å². The van der Waals surface area contributed by atoms with E-state index in [1.807, 2.05) is 4.90 Å². The molecule has 0 radical (unpaired) electrons. The summed E-state index contributed by atoms with van der Waals surface area (Å²) < 4.78 is 31.6. The Morgan fingerprint density at radius 1 is 0.935 bits per heavy atom. The second-order valence-corrected chi connectivity index (χ2v) is 8.76. The minimum atomic E-state index is -3.56. The number of hydrogen-bond donors (Lipinski definition) is 3. The van der Waals surface area contributed by atoms with Crippen molar-refractivity contribution in [2.75, 3.05) is 50.0 Å². The van der Waals surface area contributed by atoms with Crippen LogP contribution in [0.15, 0.2) is 53.4 Å². The van der Waals surface area contributed by atoms with Gasteiger partial charge in [-0.3, -0.25) is 14.5 Å². The summed E-state index contributed by atoms with van der Waals surface area (Å²) in [7, 11) is -3.56. The molecule has 166 valence electrons. The Morgan fingerprint density at radius 2 is 1.52 bits per heavy atom. The Balaban J connectivity index is 1.54. The highest BCUT2D eigenvalue weighted by molar-refractivity contribution is 7.89. The second kappa shape index (κ2) is 10.5. The van der Waals surface area contributed by atoms with E-state index in [-0.39, 0.29) is 23.3 Å². The summed E-state index contributed by atoms with van der Waals surface area (Å²) in [6.07, 6.45) is 0. The molecule has 3 N–H and O–H groups in total. The molecule has 1 heterocycles. The van der Waals surface area contributed by atoms with Crippen LogP contribution in [0.2, 0.25) is 0 Å². The first-order chi connectivity index (χ1) is 14.9. The number of ether oxygens (including phenoxy) is 1. The molecule has 9 nitrogen and oxygen atoms in total. The van der Waals surface area contributed by atoms with Crippen LogP contribution in [0.3, 0.4) is 0 Å². The lowest BCUT2D eigenvalue weighted by atomic mass is 10.2. The fourth-order valence-electron chi connectivity index (χ4n) is 3.06. The van der Waals surface area contributed by atoms with E-state index in [0.717, 1.165) is 13.1 Å². The summed E-state index contributed by atoms with van der Waals surface area (Å²) in [4.78, 5) is 26.7. The van der Waals surface area contributed by atoms with Gasteiger partial charge in [0.15, 0.2) is 0 Å². The minimum Gasteiger partial charge on any atom is -0.379 e. The molecule has 1 aliphatic heterocycles. The molecule has 1 aliphatic rings. The molecule has 3 rings (SSSR count). The van der Waals surface area contributed by atoms with Crippen LogP contribution in [-0.4, -0.2) is 64.5 Å². The number of morpholine rings is 1. The van der Waals surface area contributed by atoms with E-state index in [1.165, 1.54) is 24.3 Å². The lowest BCUT2D eigenvalue weighted by Crippen LogP contribution is -2.41. The maximum Gasteiger partial charge on any atom is 0.255 e. The summed E-state index contributed by atoms with van der Waals surface area (Å²) in [5.41, 5.74) is 1.52. The Kier molecular flexibility index (Phi) is 7.75. The predicted molar refractivity (Wildman–Crippen MR) is 118 cm³/mol. The van der Waals surface area contributed by atoms with Gasteiger partial charge in [0.2, 0.25) is 15.9 Å². The van der Waals surface area contributed by atoms with Crippen LogP contribution >= 0.6 is 0 Å². The van der Waals surface area contributed by atoms with Gasteiger partial charge in [0.1, 0.15) is 0 Å². The van der Waals surface area contributed by atoms with E-state index in [0.29, 0.717) is 36.7 Å². The van der Waals surface area contributed by atoms with E-state index in [1.54, 1.807) is 31.2 Å². The van der Waals surface area contributed by atoms with E-state index in [4.69, 9.17) is 4.74 Å². The van der Waals surface area contributed by atoms with Crippen molar-refractivity contribution < 1.29 is 22.7 Å². The van der Waals surface area contributed by atoms with E-state index >= 15 is 0 Å². The first kappa shape index (κ1) is 22.9. The molecular formula is C21H26N4O5S. The number of amides is 2. The molecule has 1 fully saturated rings. The predicted octanol–water partition coefficient (Wildman–Crippen LogP) is 1.51. The Bertz CT molecular complexity index is 1000. The van der Waals surface area contributed by atoms with Crippen molar-refractivity contribution in [3.63, 3.8) is 0 Å². The number of benzene rings is 2. The number of nitrogens with zero attached hydrogens (tertiary/aromatic N) is 1. The first-order valence-electron chi connectivity index (χ1n) is 9.98. The third-order valence-corrected chi connectivity index (χ3v) is 6.22. The maximum absolute atomic E-state index is 12.4. The van der Waals surface area contributed by atoms with Gasteiger partial charge < -0.3 is 15.4 Å². The number of anilines is 2. The van der Waals surface area contributed by atoms with Crippen molar-refractivity contribution in [2.45, 2.75) is 11.8 Å². The van der Waals surface area contributed by atoms with Gasteiger partial charge in [-0.1, -0.05) is 6.92 Å². The van der Waals surface area contributed by atoms with Crippen molar-refractivity contribution in [1.29, 1.82) is 0 Å². The molecular weight excluding hydrogens is 420 g/mol. The van der Waals surface area contributed by atoms with Gasteiger partial charge in [-0.15, -0.1) is 0 Å². The first-order valence-corrected chi connectivity index (χ1v) is 11.5. The van der Waals surface area contributed by atoms with Gasteiger partial charge in [0.25, 0.3) is 5.91 Å². The Hall–Kier alpha value is -2.79. The fraction of sp³-hybridized carbons (Fsp3) is 0.333. The molecule has 10 heteroatoms. The van der Waals surface area contributed by atoms with Crippen LogP contribution in [0.25, 0.3) is 0 Å². The van der Waals surface area contributed by atoms with Crippen molar-refractivity contribution in [2.24, 2.45) is 0 Å². The zero-order valence-corrected chi connectivity index (χ0v) is 18.1. The molecule has 0 saturated carbocycles. The van der Waals surface area contributed by atoms with Crippen LogP contribution in [-0.2, 0) is 19.6 Å². The van der Waals surface area contributed by atoms with Gasteiger partial charge in [-0.05, 0) is 48.5 Å². The molecule has 0 atom stereocenters. The average Bonchev–Trinajstić information content (AvgIpc) is 2.76. The molecule has 2 amide bonds. The summed E-state index contributed by atoms with van der Waals surface area (Å²) in [5, 5.41) is 5.58. The van der Waals surface area contributed by atoms with Crippen molar-refractivity contribution in [3.05, 3.63) is 54.1 Å². The number of sulfonamides is 1. The highest BCUT2D eigenvalue weighted by Gasteiger charge is 2.15. The summed E-state index contributed by atoms with van der Waals surface area (Å²) in [6, 6.07) is 12.5. The number of hydrogen-bond acceptors (Lipinski definition) is 6. The number of carbonyl (C=O) groups excluding carboxylic acids is 2. The van der Waals surface area contributed by atoms with Gasteiger partial charge in [-0.2, -0.15) is 0 Å². The summed E-state index contributed by atoms with van der Waals surface area (Å²) in [5.74, 6) is -0.470. The second-order valence-electron chi connectivity index (χ2n) is 6.99. The normalized spacial score (nSPS) is 14.7. The molecule has 31 heavy (non-hydrogen) atoms. The molecule has 0 spiro atoms. The largest absolute Gasteiger partial charge is 0.379 e. The molecule has 0 bridgehead atoms. The van der Waals surface area contributed by atoms with Gasteiger partial charge in [0.05, 0.1) is 24.7 Å². The molecule has 0 unspecified atom stereocenters. The van der Waals surface area contributed by atoms with Crippen LogP contribution in [0.4, 0.5) is 11.4 Å². The van der Waals surface area contributed by atoms with E-state index in [2.05, 4.69) is 15.4 Å². The smallest absolute Gasteiger partial charge is 0.255 e. The van der Waals surface area contributed by atoms with Crippen molar-refractivity contribution in [3.8, 4) is 0 Å². The van der Waals surface area contributed by atoms with Gasteiger partial charge in [0, 0.05) is 36.6 Å². The highest BCUT2D eigenvalue weighted by Crippen LogP contribution is 2.16. The van der Waals surface area contributed by atoms with Gasteiger partial charge in [-0.25, -0.2) is 13.1 Å². The molecule has 2 aromatic rings. The summed E-state index contributed by atoms with van der Waals surface area (Å²) in [6.45, 7) is 5.03. The third kappa shape index (κ3) is 6.59. The monoisotopic (exact) mass is 446 g/mol. The lowest BCUT2D eigenvalue weighted by molar-refractivity contribution is -0.118. The minimum absolute atomic E-state index is 0.100. The third-order valence-electron chi connectivity index (χ3n) is 4.66. The van der Waals surface area contributed by atoms with Gasteiger partial charge >= 0.3 is 0 Å². The Labute approximate surface area is 181 Å². The summed E-state index contributed by atoms with van der Waals surface area (Å²) >= 11 is 0. The van der Waals surface area contributed by atoms with Crippen LogP contribution in [0.5, 0.6) is 0 Å². The van der Waals surface area contributed by atoms with E-state index < -0.39 is 10.0 Å². The molecule has 2 aromatic carbocycles. The number of rotatable bonds is 8. The molecule has 1 saturated heterocycles. The van der Waals surface area contributed by atoms with Crippen molar-refractivity contribution >= 4 is 33.2 Å². The topological polar surface area (TPSA) is 117 Å². The maximum atomic E-state index is 12.4. The highest BCUT2D eigenvalue weighted by atomic mass is 32.2. The Morgan fingerprint density at radius 3 is 2.10 bits per heavy atom. The van der Waals surface area contributed by atoms with Crippen LogP contribution in [0, 0.1) is 0 Å². The quantitative estimate of drug-likeness (QED) is 0.566. The zero-order valence-electron chi connectivity index (χ0n) is 17.3.